The van der Waals surface area contributed by atoms with Gasteiger partial charge in [-0.05, 0) is 6.92 Å². The molecule has 0 fully saturated rings. The molecule has 2 nitrogen and oxygen atoms in total. The topological polar surface area (TPSA) is 34.1 Å². The molecule has 0 saturated carbocycles. The van der Waals surface area contributed by atoms with Crippen molar-refractivity contribution in [2.75, 3.05) is 0 Å². The molecular weight excluding hydrogens is 243 g/mol. The maximum absolute atomic E-state index is 14.3. The molecule has 96 valence electrons. The summed E-state index contributed by atoms with van der Waals surface area (Å²) >= 11 is 0. The highest BCUT2D eigenvalue weighted by Crippen LogP contribution is 2.25. The number of ketones is 2. The third-order valence-electron chi connectivity index (χ3n) is 2.90. The molecule has 19 heavy (non-hydrogen) atoms. The van der Waals surface area contributed by atoms with Gasteiger partial charge in [0, 0.05) is 16.7 Å². The number of alkyl halides is 1. The number of hydrogen-bond donors (Lipinski definition) is 0. The minimum Gasteiger partial charge on any atom is -0.294 e. The zero-order valence-corrected chi connectivity index (χ0v) is 10.5. The predicted octanol–water partition coefficient (Wildman–Crippen LogP) is 3.78. The number of halogens is 1. The molecule has 0 aliphatic heterocycles. The lowest BCUT2D eigenvalue weighted by Crippen LogP contribution is -2.12. The molecule has 3 heteroatoms. The molecule has 0 bridgehead atoms. The molecule has 0 aromatic heterocycles. The van der Waals surface area contributed by atoms with Crippen molar-refractivity contribution in [3.05, 3.63) is 71.3 Å². The Balaban J connectivity index is 2.38. The van der Waals surface area contributed by atoms with Crippen molar-refractivity contribution >= 4 is 11.6 Å². The van der Waals surface area contributed by atoms with E-state index in [1.54, 1.807) is 42.5 Å². The highest BCUT2D eigenvalue weighted by atomic mass is 19.1. The van der Waals surface area contributed by atoms with Gasteiger partial charge in [-0.15, -0.1) is 0 Å². The minimum atomic E-state index is -1.82. The van der Waals surface area contributed by atoms with Crippen molar-refractivity contribution in [1.82, 2.24) is 0 Å². The second kappa shape index (κ2) is 5.57. The van der Waals surface area contributed by atoms with E-state index in [0.717, 1.165) is 0 Å². The molecule has 0 aliphatic rings. The number of Topliss-reactive ketones (excluding diaryl/α,β-unsaturated/α-hetero) is 2. The van der Waals surface area contributed by atoms with Crippen LogP contribution in [-0.4, -0.2) is 11.6 Å². The van der Waals surface area contributed by atoms with Crippen LogP contribution in [-0.2, 0) is 0 Å². The molecule has 0 spiro atoms. The summed E-state index contributed by atoms with van der Waals surface area (Å²) in [6.07, 6.45) is -1.82. The SMILES string of the molecule is CC(=O)c1ccccc1C(F)C(=O)c1ccccc1. The molecule has 0 saturated heterocycles. The Hall–Kier alpha value is -2.29. The number of hydrogen-bond acceptors (Lipinski definition) is 2. The fourth-order valence-corrected chi connectivity index (χ4v) is 1.93. The van der Waals surface area contributed by atoms with E-state index < -0.39 is 12.0 Å². The Kier molecular flexibility index (Phi) is 3.85. The van der Waals surface area contributed by atoms with Crippen molar-refractivity contribution in [1.29, 1.82) is 0 Å². The van der Waals surface area contributed by atoms with Crippen molar-refractivity contribution in [2.45, 2.75) is 13.1 Å². The van der Waals surface area contributed by atoms with Crippen LogP contribution in [0.2, 0.25) is 0 Å². The zero-order chi connectivity index (χ0) is 13.8. The van der Waals surface area contributed by atoms with Crippen molar-refractivity contribution < 1.29 is 14.0 Å². The monoisotopic (exact) mass is 256 g/mol. The van der Waals surface area contributed by atoms with Gasteiger partial charge < -0.3 is 0 Å². The highest BCUT2D eigenvalue weighted by molar-refractivity contribution is 6.03. The largest absolute Gasteiger partial charge is 0.294 e. The normalized spacial score (nSPS) is 11.9. The van der Waals surface area contributed by atoms with Crippen molar-refractivity contribution in [2.24, 2.45) is 0 Å². The first-order valence-corrected chi connectivity index (χ1v) is 5.94. The Morgan fingerprint density at radius 3 is 2.16 bits per heavy atom. The van der Waals surface area contributed by atoms with E-state index in [-0.39, 0.29) is 16.9 Å². The number of benzene rings is 2. The van der Waals surface area contributed by atoms with E-state index in [1.165, 1.54) is 19.1 Å². The lowest BCUT2D eigenvalue weighted by atomic mass is 9.95. The second-order valence-electron chi connectivity index (χ2n) is 4.24. The van der Waals surface area contributed by atoms with Gasteiger partial charge in [-0.25, -0.2) is 4.39 Å². The van der Waals surface area contributed by atoms with Gasteiger partial charge in [0.1, 0.15) is 0 Å². The van der Waals surface area contributed by atoms with Crippen LogP contribution in [0, 0.1) is 0 Å². The summed E-state index contributed by atoms with van der Waals surface area (Å²) < 4.78 is 14.3. The van der Waals surface area contributed by atoms with Gasteiger partial charge in [0.15, 0.2) is 12.0 Å². The maximum atomic E-state index is 14.3. The molecule has 0 amide bonds. The summed E-state index contributed by atoms with van der Waals surface area (Å²) in [4.78, 5) is 23.5. The third-order valence-corrected chi connectivity index (χ3v) is 2.90. The average molecular weight is 256 g/mol. The number of rotatable bonds is 4. The summed E-state index contributed by atoms with van der Waals surface area (Å²) in [5.74, 6) is -0.881. The predicted molar refractivity (Wildman–Crippen MR) is 71.1 cm³/mol. The fourth-order valence-electron chi connectivity index (χ4n) is 1.93. The first kappa shape index (κ1) is 13.1. The summed E-state index contributed by atoms with van der Waals surface area (Å²) in [6, 6.07) is 14.5. The maximum Gasteiger partial charge on any atom is 0.201 e. The summed E-state index contributed by atoms with van der Waals surface area (Å²) in [5, 5.41) is 0. The smallest absolute Gasteiger partial charge is 0.201 e. The van der Waals surface area contributed by atoms with Gasteiger partial charge in [0.25, 0.3) is 0 Å². The van der Waals surface area contributed by atoms with Gasteiger partial charge in [0.05, 0.1) is 0 Å². The van der Waals surface area contributed by atoms with Crippen LogP contribution in [0.3, 0.4) is 0 Å². The second-order valence-corrected chi connectivity index (χ2v) is 4.24. The van der Waals surface area contributed by atoms with Crippen molar-refractivity contribution in [3.8, 4) is 0 Å². The van der Waals surface area contributed by atoms with E-state index >= 15 is 0 Å². The minimum absolute atomic E-state index is 0.129. The molecule has 2 aromatic carbocycles. The lowest BCUT2D eigenvalue weighted by molar-refractivity contribution is 0.0876. The molecule has 0 heterocycles. The third kappa shape index (κ3) is 2.76. The first-order valence-electron chi connectivity index (χ1n) is 5.94. The Morgan fingerprint density at radius 1 is 0.947 bits per heavy atom. The van der Waals surface area contributed by atoms with Crippen LogP contribution >= 0.6 is 0 Å². The summed E-state index contributed by atoms with van der Waals surface area (Å²) in [5.41, 5.74) is 0.677. The van der Waals surface area contributed by atoms with Crippen LogP contribution in [0.15, 0.2) is 54.6 Å². The van der Waals surface area contributed by atoms with Gasteiger partial charge in [-0.1, -0.05) is 54.6 Å². The fraction of sp³-hybridized carbons (Fsp3) is 0.125. The lowest BCUT2D eigenvalue weighted by Gasteiger charge is -2.11. The van der Waals surface area contributed by atoms with Crippen LogP contribution in [0.1, 0.15) is 39.4 Å². The van der Waals surface area contributed by atoms with E-state index in [1.807, 2.05) is 0 Å². The summed E-state index contributed by atoms with van der Waals surface area (Å²) in [6.45, 7) is 1.36. The van der Waals surface area contributed by atoms with E-state index in [0.29, 0.717) is 5.56 Å². The van der Waals surface area contributed by atoms with Crippen LogP contribution in [0.5, 0.6) is 0 Å². The molecule has 1 unspecified atom stereocenters. The van der Waals surface area contributed by atoms with Gasteiger partial charge >= 0.3 is 0 Å². The van der Waals surface area contributed by atoms with Crippen LogP contribution in [0.4, 0.5) is 4.39 Å². The Bertz CT molecular complexity index is 605. The van der Waals surface area contributed by atoms with E-state index in [2.05, 4.69) is 0 Å². The van der Waals surface area contributed by atoms with Gasteiger partial charge in [-0.2, -0.15) is 0 Å². The quantitative estimate of drug-likeness (QED) is 0.780. The van der Waals surface area contributed by atoms with E-state index in [4.69, 9.17) is 0 Å². The molecule has 0 radical (unpaired) electrons. The first-order chi connectivity index (χ1) is 9.11. The van der Waals surface area contributed by atoms with Crippen molar-refractivity contribution in [3.63, 3.8) is 0 Å². The Morgan fingerprint density at radius 2 is 1.53 bits per heavy atom. The highest BCUT2D eigenvalue weighted by Gasteiger charge is 2.24. The van der Waals surface area contributed by atoms with Crippen LogP contribution in [0.25, 0.3) is 0 Å². The standard InChI is InChI=1S/C16H13FO2/c1-11(18)13-9-5-6-10-14(13)15(17)16(19)12-7-3-2-4-8-12/h2-10,15H,1H3. The Labute approximate surface area is 110 Å². The van der Waals surface area contributed by atoms with E-state index in [9.17, 15) is 14.0 Å². The summed E-state index contributed by atoms with van der Waals surface area (Å²) in [7, 11) is 0. The van der Waals surface area contributed by atoms with Gasteiger partial charge in [0.2, 0.25) is 5.78 Å². The molecular formula is C16H13FO2. The molecule has 2 rings (SSSR count). The molecule has 0 N–H and O–H groups in total. The van der Waals surface area contributed by atoms with Crippen LogP contribution < -0.4 is 0 Å². The van der Waals surface area contributed by atoms with Gasteiger partial charge in [-0.3, -0.25) is 9.59 Å². The molecule has 2 aromatic rings. The molecule has 1 atom stereocenters. The molecule has 0 aliphatic carbocycles. The number of carbonyl (C=O) groups is 2. The number of carbonyl (C=O) groups excluding carboxylic acids is 2. The average Bonchev–Trinajstić information content (AvgIpc) is 2.46. The zero-order valence-electron chi connectivity index (χ0n) is 10.5.